The molecule has 0 aliphatic carbocycles. The molecule has 0 aliphatic rings. The van der Waals surface area contributed by atoms with Gasteiger partial charge in [-0.3, -0.25) is 4.79 Å². The van der Waals surface area contributed by atoms with Crippen molar-refractivity contribution in [2.75, 3.05) is 26.9 Å². The Hall–Kier alpha value is -3.32. The summed E-state index contributed by atoms with van der Waals surface area (Å²) in [5, 5.41) is 0.347. The minimum atomic E-state index is -0.513. The Kier molecular flexibility index (Phi) is 6.29. The van der Waals surface area contributed by atoms with Crippen LogP contribution in [-0.4, -0.2) is 32.9 Å². The summed E-state index contributed by atoms with van der Waals surface area (Å²) in [6.45, 7) is 2.19. The predicted octanol–water partition coefficient (Wildman–Crippen LogP) is 3.46. The summed E-state index contributed by atoms with van der Waals surface area (Å²) in [4.78, 5) is 24.2. The molecule has 3 rings (SSSR count). The number of fused-ring (bicyclic) bond motifs is 1. The molecular formula is C21H20O7. The number of esters is 1. The van der Waals surface area contributed by atoms with Gasteiger partial charge in [0.05, 0.1) is 12.0 Å². The zero-order valence-electron chi connectivity index (χ0n) is 15.6. The van der Waals surface area contributed by atoms with Crippen LogP contribution in [-0.2, 0) is 14.3 Å². The molecule has 0 atom stereocenters. The SMILES string of the molecule is COCCOC(=O)COc1ccc2c(=O)c(Oc3ccc(C)cc3)coc2c1. The summed E-state index contributed by atoms with van der Waals surface area (Å²) in [5.74, 6) is 0.503. The molecule has 2 aromatic carbocycles. The van der Waals surface area contributed by atoms with Crippen LogP contribution >= 0.6 is 0 Å². The highest BCUT2D eigenvalue weighted by atomic mass is 16.6. The van der Waals surface area contributed by atoms with Gasteiger partial charge in [0, 0.05) is 13.2 Å². The van der Waals surface area contributed by atoms with Crippen LogP contribution in [0.1, 0.15) is 5.56 Å². The largest absolute Gasteiger partial charge is 0.482 e. The van der Waals surface area contributed by atoms with Crippen molar-refractivity contribution in [3.8, 4) is 17.2 Å². The summed E-state index contributed by atoms with van der Waals surface area (Å²) in [6, 6.07) is 12.0. The van der Waals surface area contributed by atoms with E-state index in [1.54, 1.807) is 24.3 Å². The molecule has 146 valence electrons. The minimum absolute atomic E-state index is 0.0896. The zero-order valence-corrected chi connectivity index (χ0v) is 15.6. The van der Waals surface area contributed by atoms with Crippen LogP contribution in [0.4, 0.5) is 0 Å². The first-order valence-electron chi connectivity index (χ1n) is 8.64. The lowest BCUT2D eigenvalue weighted by Crippen LogP contribution is -2.17. The van der Waals surface area contributed by atoms with Gasteiger partial charge in [-0.25, -0.2) is 4.79 Å². The van der Waals surface area contributed by atoms with Crippen molar-refractivity contribution in [1.82, 2.24) is 0 Å². The van der Waals surface area contributed by atoms with E-state index in [2.05, 4.69) is 0 Å². The molecule has 0 spiro atoms. The molecule has 0 radical (unpaired) electrons. The van der Waals surface area contributed by atoms with Crippen LogP contribution in [0.2, 0.25) is 0 Å². The Bertz CT molecular complexity index is 1010. The van der Waals surface area contributed by atoms with Crippen LogP contribution < -0.4 is 14.9 Å². The number of ether oxygens (including phenoxy) is 4. The third kappa shape index (κ3) is 4.89. The van der Waals surface area contributed by atoms with E-state index in [0.29, 0.717) is 29.1 Å². The van der Waals surface area contributed by atoms with E-state index < -0.39 is 5.97 Å². The fourth-order valence-electron chi connectivity index (χ4n) is 2.41. The summed E-state index contributed by atoms with van der Waals surface area (Å²) >= 11 is 0. The van der Waals surface area contributed by atoms with Crippen LogP contribution in [0.15, 0.2) is 57.9 Å². The molecule has 0 N–H and O–H groups in total. The number of carbonyl (C=O) groups is 1. The van der Waals surface area contributed by atoms with Crippen molar-refractivity contribution in [2.24, 2.45) is 0 Å². The average Bonchev–Trinajstić information content (AvgIpc) is 2.70. The predicted molar refractivity (Wildman–Crippen MR) is 102 cm³/mol. The quantitative estimate of drug-likeness (QED) is 0.434. The van der Waals surface area contributed by atoms with Crippen molar-refractivity contribution in [3.05, 3.63) is 64.5 Å². The number of carbonyl (C=O) groups excluding carboxylic acids is 1. The number of hydrogen-bond donors (Lipinski definition) is 0. The molecule has 0 saturated carbocycles. The Balaban J connectivity index is 1.70. The monoisotopic (exact) mass is 384 g/mol. The smallest absolute Gasteiger partial charge is 0.344 e. The molecule has 28 heavy (non-hydrogen) atoms. The van der Waals surface area contributed by atoms with E-state index in [1.165, 1.54) is 19.4 Å². The summed E-state index contributed by atoms with van der Waals surface area (Å²) in [7, 11) is 1.52. The number of benzene rings is 2. The molecule has 3 aromatic rings. The van der Waals surface area contributed by atoms with Gasteiger partial charge in [-0.05, 0) is 31.2 Å². The highest BCUT2D eigenvalue weighted by Crippen LogP contribution is 2.24. The molecule has 0 bridgehead atoms. The lowest BCUT2D eigenvalue weighted by Gasteiger charge is -2.08. The third-order valence-electron chi connectivity index (χ3n) is 3.87. The first-order valence-corrected chi connectivity index (χ1v) is 8.64. The number of hydrogen-bond acceptors (Lipinski definition) is 7. The van der Waals surface area contributed by atoms with Crippen LogP contribution in [0.25, 0.3) is 11.0 Å². The molecule has 0 amide bonds. The lowest BCUT2D eigenvalue weighted by atomic mass is 10.2. The molecule has 1 heterocycles. The second-order valence-electron chi connectivity index (χ2n) is 6.00. The highest BCUT2D eigenvalue weighted by molar-refractivity contribution is 5.79. The second-order valence-corrected chi connectivity index (χ2v) is 6.00. The highest BCUT2D eigenvalue weighted by Gasteiger charge is 2.11. The molecule has 0 aliphatic heterocycles. The van der Waals surface area contributed by atoms with Crippen molar-refractivity contribution < 1.29 is 28.2 Å². The minimum Gasteiger partial charge on any atom is -0.482 e. The second kappa shape index (κ2) is 9.05. The Morgan fingerprint density at radius 1 is 1.04 bits per heavy atom. The maximum Gasteiger partial charge on any atom is 0.344 e. The van der Waals surface area contributed by atoms with Crippen LogP contribution in [0.5, 0.6) is 17.2 Å². The molecule has 0 unspecified atom stereocenters. The van der Waals surface area contributed by atoms with E-state index in [-0.39, 0.29) is 24.4 Å². The number of aryl methyl sites for hydroxylation is 1. The average molecular weight is 384 g/mol. The molecule has 7 heteroatoms. The van der Waals surface area contributed by atoms with Crippen molar-refractivity contribution in [1.29, 1.82) is 0 Å². The van der Waals surface area contributed by atoms with Gasteiger partial charge < -0.3 is 23.4 Å². The van der Waals surface area contributed by atoms with Gasteiger partial charge in [0.1, 0.15) is 30.0 Å². The first-order chi connectivity index (χ1) is 13.6. The molecular weight excluding hydrogens is 364 g/mol. The fraction of sp³-hybridized carbons (Fsp3) is 0.238. The van der Waals surface area contributed by atoms with Crippen molar-refractivity contribution in [2.45, 2.75) is 6.92 Å². The van der Waals surface area contributed by atoms with Gasteiger partial charge in [-0.2, -0.15) is 0 Å². The maximum atomic E-state index is 12.6. The number of rotatable bonds is 8. The zero-order chi connectivity index (χ0) is 19.9. The van der Waals surface area contributed by atoms with Crippen molar-refractivity contribution in [3.63, 3.8) is 0 Å². The number of methoxy groups -OCH3 is 1. The van der Waals surface area contributed by atoms with Crippen LogP contribution in [0, 0.1) is 6.92 Å². The Morgan fingerprint density at radius 2 is 1.79 bits per heavy atom. The van der Waals surface area contributed by atoms with Gasteiger partial charge in [0.2, 0.25) is 11.2 Å². The Morgan fingerprint density at radius 3 is 2.54 bits per heavy atom. The molecule has 0 saturated heterocycles. The van der Waals surface area contributed by atoms with E-state index >= 15 is 0 Å². The van der Waals surface area contributed by atoms with Gasteiger partial charge in [0.25, 0.3) is 0 Å². The van der Waals surface area contributed by atoms with Gasteiger partial charge in [0.15, 0.2) is 6.61 Å². The maximum absolute atomic E-state index is 12.6. The molecule has 0 fully saturated rings. The lowest BCUT2D eigenvalue weighted by molar-refractivity contribution is -0.147. The van der Waals surface area contributed by atoms with E-state index in [9.17, 15) is 9.59 Å². The fourth-order valence-corrected chi connectivity index (χ4v) is 2.41. The Labute approximate surface area is 161 Å². The van der Waals surface area contributed by atoms with Crippen molar-refractivity contribution >= 4 is 16.9 Å². The molecule has 7 nitrogen and oxygen atoms in total. The third-order valence-corrected chi connectivity index (χ3v) is 3.87. The normalized spacial score (nSPS) is 10.6. The standard InChI is InChI=1S/C21H20O7/c1-14-3-5-15(6-4-14)28-19-12-27-18-11-16(7-8-17(18)21(19)23)26-13-20(22)25-10-9-24-2/h3-8,11-12H,9-10,13H2,1-2H3. The first kappa shape index (κ1) is 19.4. The summed E-state index contributed by atoms with van der Waals surface area (Å²) < 4.78 is 26.2. The van der Waals surface area contributed by atoms with E-state index in [1.807, 2.05) is 19.1 Å². The molecule has 1 aromatic heterocycles. The van der Waals surface area contributed by atoms with Gasteiger partial charge in [-0.15, -0.1) is 0 Å². The van der Waals surface area contributed by atoms with E-state index in [4.69, 9.17) is 23.4 Å². The van der Waals surface area contributed by atoms with E-state index in [0.717, 1.165) is 5.56 Å². The summed E-state index contributed by atoms with van der Waals surface area (Å²) in [5.41, 5.74) is 1.12. The topological polar surface area (TPSA) is 84.2 Å². The van der Waals surface area contributed by atoms with Gasteiger partial charge >= 0.3 is 5.97 Å². The van der Waals surface area contributed by atoms with Gasteiger partial charge in [-0.1, -0.05) is 17.7 Å². The summed E-state index contributed by atoms with van der Waals surface area (Å²) in [6.07, 6.45) is 1.26. The van der Waals surface area contributed by atoms with Crippen LogP contribution in [0.3, 0.4) is 0 Å².